The summed E-state index contributed by atoms with van der Waals surface area (Å²) in [6.45, 7) is 1.80. The number of rotatable bonds is 6. The van der Waals surface area contributed by atoms with E-state index in [2.05, 4.69) is 15.6 Å². The molecule has 1 atom stereocenters. The second-order valence-electron chi connectivity index (χ2n) is 6.99. The first-order valence-corrected chi connectivity index (χ1v) is 10.4. The van der Waals surface area contributed by atoms with Crippen LogP contribution in [-0.4, -0.2) is 42.0 Å². The van der Waals surface area contributed by atoms with Crippen LogP contribution in [0.3, 0.4) is 0 Å². The van der Waals surface area contributed by atoms with Gasteiger partial charge in [0.05, 0.1) is 11.3 Å². The van der Waals surface area contributed by atoms with Crippen molar-refractivity contribution >= 4 is 40.2 Å². The number of aliphatic carboxylic acids is 1. The van der Waals surface area contributed by atoms with Crippen LogP contribution < -0.4 is 15.5 Å². The van der Waals surface area contributed by atoms with E-state index in [1.54, 1.807) is 6.92 Å². The van der Waals surface area contributed by atoms with Crippen LogP contribution in [0.1, 0.15) is 18.5 Å². The second-order valence-corrected chi connectivity index (χ2v) is 7.95. The van der Waals surface area contributed by atoms with Crippen LogP contribution in [0.25, 0.3) is 0 Å². The molecule has 0 radical (unpaired) electrons. The molecule has 0 unspecified atom stereocenters. The van der Waals surface area contributed by atoms with Gasteiger partial charge in [0.25, 0.3) is 5.91 Å². The Kier molecular flexibility index (Phi) is 6.79. The molecule has 30 heavy (non-hydrogen) atoms. The van der Waals surface area contributed by atoms with Crippen molar-refractivity contribution in [2.75, 3.05) is 30.1 Å². The van der Waals surface area contributed by atoms with E-state index in [0.717, 1.165) is 23.0 Å². The Hall–Kier alpha value is -3.26. The van der Waals surface area contributed by atoms with Crippen molar-refractivity contribution in [3.8, 4) is 0 Å². The Morgan fingerprint density at radius 1 is 1.13 bits per heavy atom. The van der Waals surface area contributed by atoms with Gasteiger partial charge in [0, 0.05) is 31.2 Å². The molecule has 0 bridgehead atoms. The third-order valence-corrected chi connectivity index (χ3v) is 5.42. The minimum atomic E-state index is -0.925. The number of aliphatic imine (C=N–C) groups is 1. The fraction of sp³-hybridized carbons (Fsp3) is 0.227. The summed E-state index contributed by atoms with van der Waals surface area (Å²) in [6.07, 6.45) is 0. The normalized spacial score (nSPS) is 15.8. The molecule has 0 saturated carbocycles. The highest BCUT2D eigenvalue weighted by molar-refractivity contribution is 8.14. The van der Waals surface area contributed by atoms with E-state index in [1.807, 2.05) is 73.6 Å². The van der Waals surface area contributed by atoms with Crippen LogP contribution >= 0.6 is 11.8 Å². The largest absolute Gasteiger partial charge is 0.481 e. The van der Waals surface area contributed by atoms with Crippen LogP contribution in [0.2, 0.25) is 0 Å². The third kappa shape index (κ3) is 5.21. The monoisotopic (exact) mass is 424 g/mol. The van der Waals surface area contributed by atoms with E-state index in [1.165, 1.54) is 0 Å². The lowest BCUT2D eigenvalue weighted by atomic mass is 9.95. The highest BCUT2D eigenvalue weighted by Crippen LogP contribution is 2.33. The van der Waals surface area contributed by atoms with Crippen molar-refractivity contribution in [1.82, 2.24) is 5.32 Å². The lowest BCUT2D eigenvalue weighted by molar-refractivity contribution is -0.133. The summed E-state index contributed by atoms with van der Waals surface area (Å²) in [5.74, 6) is -1.29. The van der Waals surface area contributed by atoms with Crippen LogP contribution in [0, 0.1) is 0 Å². The zero-order valence-corrected chi connectivity index (χ0v) is 17.9. The molecule has 3 rings (SSSR count). The molecule has 1 heterocycles. The van der Waals surface area contributed by atoms with E-state index >= 15 is 0 Å². The van der Waals surface area contributed by atoms with Gasteiger partial charge in [-0.15, -0.1) is 0 Å². The zero-order chi connectivity index (χ0) is 21.7. The van der Waals surface area contributed by atoms with Gasteiger partial charge in [0.1, 0.15) is 6.04 Å². The van der Waals surface area contributed by atoms with Crippen LogP contribution in [0.4, 0.5) is 11.4 Å². The number of anilines is 2. The highest BCUT2D eigenvalue weighted by atomic mass is 32.2. The lowest BCUT2D eigenvalue weighted by Gasteiger charge is -2.26. The van der Waals surface area contributed by atoms with Gasteiger partial charge in [-0.05, 0) is 36.8 Å². The molecule has 0 spiro atoms. The fourth-order valence-corrected chi connectivity index (χ4v) is 3.73. The molecule has 0 saturated heterocycles. The number of hydrogen-bond donors (Lipinski definition) is 3. The highest BCUT2D eigenvalue weighted by Gasteiger charge is 2.29. The molecule has 1 aliphatic rings. The molecule has 0 aromatic heterocycles. The van der Waals surface area contributed by atoms with Crippen molar-refractivity contribution < 1.29 is 14.7 Å². The summed E-state index contributed by atoms with van der Waals surface area (Å²) in [7, 11) is 3.92. The number of hydrogen-bond acceptors (Lipinski definition) is 6. The number of carbonyl (C=O) groups excluding carboxylic acids is 1. The molecule has 156 valence electrons. The van der Waals surface area contributed by atoms with E-state index in [4.69, 9.17) is 5.11 Å². The molecule has 8 heteroatoms. The number of benzene rings is 2. The number of carboxylic acids is 1. The molecule has 0 fully saturated rings. The number of nitrogens with zero attached hydrogens (tertiary/aromatic N) is 2. The number of para-hydroxylation sites is 1. The molecule has 1 amide bonds. The maximum atomic E-state index is 13.1. The number of carboxylic acid groups (broad SMARTS) is 1. The van der Waals surface area contributed by atoms with Crippen molar-refractivity contribution in [2.24, 2.45) is 4.99 Å². The number of carbonyl (C=O) groups is 2. The minimum absolute atomic E-state index is 0.114. The number of nitrogens with one attached hydrogen (secondary N) is 2. The number of thioether (sulfide) groups is 1. The Balaban J connectivity index is 1.94. The first-order chi connectivity index (χ1) is 14.3. The number of allylic oxidation sites excluding steroid dienone is 1. The first kappa shape index (κ1) is 21.4. The quantitative estimate of drug-likeness (QED) is 0.657. The maximum absolute atomic E-state index is 13.1. The molecular weight excluding hydrogens is 400 g/mol. The van der Waals surface area contributed by atoms with Crippen molar-refractivity contribution in [1.29, 1.82) is 0 Å². The predicted molar refractivity (Wildman–Crippen MR) is 122 cm³/mol. The smallest absolute Gasteiger partial charge is 0.313 e. The van der Waals surface area contributed by atoms with Gasteiger partial charge in [-0.2, -0.15) is 0 Å². The third-order valence-electron chi connectivity index (χ3n) is 4.55. The van der Waals surface area contributed by atoms with Gasteiger partial charge in [-0.3, -0.25) is 9.59 Å². The predicted octanol–water partition coefficient (Wildman–Crippen LogP) is 3.48. The second kappa shape index (κ2) is 9.49. The van der Waals surface area contributed by atoms with Crippen LogP contribution in [0.15, 0.2) is 70.9 Å². The maximum Gasteiger partial charge on any atom is 0.313 e. The summed E-state index contributed by atoms with van der Waals surface area (Å²) in [5, 5.41) is 15.5. The molecule has 2 aromatic rings. The van der Waals surface area contributed by atoms with Gasteiger partial charge in [-0.1, -0.05) is 42.1 Å². The minimum Gasteiger partial charge on any atom is -0.481 e. The number of amides is 1. The molecular formula is C22H24N4O3S. The summed E-state index contributed by atoms with van der Waals surface area (Å²) in [4.78, 5) is 30.7. The average molecular weight is 425 g/mol. The molecule has 0 aliphatic carbocycles. The summed E-state index contributed by atoms with van der Waals surface area (Å²) in [6, 6.07) is 16.5. The topological polar surface area (TPSA) is 94.0 Å². The van der Waals surface area contributed by atoms with Gasteiger partial charge in [0.2, 0.25) is 0 Å². The van der Waals surface area contributed by atoms with Crippen molar-refractivity contribution in [2.45, 2.75) is 13.0 Å². The average Bonchev–Trinajstić information content (AvgIpc) is 2.72. The van der Waals surface area contributed by atoms with Crippen molar-refractivity contribution in [3.05, 3.63) is 71.4 Å². The standard InChI is InChI=1S/C22H24N4O3S/c1-14-19(21(29)24-16-7-5-4-6-8-16)20(25-22(23-14)30-13-18(27)28)15-9-11-17(12-10-15)26(2)3/h4-12,20H,13H2,1-3H3,(H,23,25)(H,24,29)(H,27,28)/t20-/m1/s1. The van der Waals surface area contributed by atoms with Crippen molar-refractivity contribution in [3.63, 3.8) is 0 Å². The van der Waals surface area contributed by atoms with E-state index in [0.29, 0.717) is 22.1 Å². The summed E-state index contributed by atoms with van der Waals surface area (Å²) >= 11 is 1.10. The van der Waals surface area contributed by atoms with Gasteiger partial charge < -0.3 is 20.6 Å². The Bertz CT molecular complexity index is 985. The fourth-order valence-electron chi connectivity index (χ4n) is 3.06. The zero-order valence-electron chi connectivity index (χ0n) is 17.0. The molecule has 1 aliphatic heterocycles. The van der Waals surface area contributed by atoms with Gasteiger partial charge >= 0.3 is 5.97 Å². The van der Waals surface area contributed by atoms with Crippen LogP contribution in [-0.2, 0) is 9.59 Å². The number of amidine groups is 1. The Labute approximate surface area is 179 Å². The van der Waals surface area contributed by atoms with Gasteiger partial charge in [-0.25, -0.2) is 4.99 Å². The molecule has 7 nitrogen and oxygen atoms in total. The van der Waals surface area contributed by atoms with E-state index < -0.39 is 12.0 Å². The summed E-state index contributed by atoms with van der Waals surface area (Å²) in [5.41, 5.74) is 3.73. The summed E-state index contributed by atoms with van der Waals surface area (Å²) < 4.78 is 0. The first-order valence-electron chi connectivity index (χ1n) is 9.39. The Morgan fingerprint density at radius 3 is 2.40 bits per heavy atom. The Morgan fingerprint density at radius 2 is 1.80 bits per heavy atom. The SMILES string of the molecule is CC1=C(C(=O)Nc2ccccc2)[C@@H](c2ccc(N(C)C)cc2)N=C(SCC(=O)O)N1. The van der Waals surface area contributed by atoms with Gasteiger partial charge in [0.15, 0.2) is 5.17 Å². The van der Waals surface area contributed by atoms with Crippen LogP contribution in [0.5, 0.6) is 0 Å². The van der Waals surface area contributed by atoms with E-state index in [9.17, 15) is 9.59 Å². The van der Waals surface area contributed by atoms with E-state index in [-0.39, 0.29) is 11.7 Å². The molecule has 2 aromatic carbocycles. The lowest BCUT2D eigenvalue weighted by Crippen LogP contribution is -2.32. The molecule has 3 N–H and O–H groups in total.